The lowest BCUT2D eigenvalue weighted by Gasteiger charge is -2.09. The van der Waals surface area contributed by atoms with Gasteiger partial charge in [0, 0.05) is 16.7 Å². The van der Waals surface area contributed by atoms with Gasteiger partial charge in [-0.15, -0.1) is 0 Å². The Bertz CT molecular complexity index is 515. The van der Waals surface area contributed by atoms with Gasteiger partial charge in [0.2, 0.25) is 10.0 Å². The highest BCUT2D eigenvalue weighted by molar-refractivity contribution is 9.10. The molecular weight excluding hydrogens is 328 g/mol. The minimum absolute atomic E-state index is 0.227. The smallest absolute Gasteiger partial charge is 0.241 e. The largest absolute Gasteiger partial charge is 0.399 e. The van der Waals surface area contributed by atoms with Crippen LogP contribution in [0.2, 0.25) is 0 Å². The first-order valence-corrected chi connectivity index (χ1v) is 8.65. The van der Waals surface area contributed by atoms with E-state index in [2.05, 4.69) is 34.5 Å². The van der Waals surface area contributed by atoms with Crippen LogP contribution in [-0.4, -0.2) is 15.0 Å². The summed E-state index contributed by atoms with van der Waals surface area (Å²) in [7, 11) is -3.46. The number of unbranched alkanes of at least 4 members (excludes halogenated alkanes) is 1. The van der Waals surface area contributed by atoms with Crippen LogP contribution < -0.4 is 10.5 Å². The van der Waals surface area contributed by atoms with Crippen molar-refractivity contribution in [1.82, 2.24) is 4.72 Å². The Morgan fingerprint density at radius 1 is 1.32 bits per heavy atom. The van der Waals surface area contributed by atoms with Crippen LogP contribution in [0.3, 0.4) is 0 Å². The van der Waals surface area contributed by atoms with E-state index in [1.54, 1.807) is 12.1 Å². The molecule has 6 heteroatoms. The summed E-state index contributed by atoms with van der Waals surface area (Å²) in [5.41, 5.74) is 6.12. The van der Waals surface area contributed by atoms with Crippen molar-refractivity contribution in [3.05, 3.63) is 22.7 Å². The van der Waals surface area contributed by atoms with Gasteiger partial charge in [0.25, 0.3) is 0 Å². The Labute approximate surface area is 124 Å². The molecule has 0 saturated heterocycles. The number of nitrogens with one attached hydrogen (secondary N) is 1. The molecule has 0 saturated carbocycles. The number of hydrogen-bond acceptors (Lipinski definition) is 3. The second kappa shape index (κ2) is 7.26. The number of sulfonamides is 1. The lowest BCUT2D eigenvalue weighted by Crippen LogP contribution is -2.25. The Balaban J connectivity index is 2.56. The SMILES string of the molecule is CC(C)CCCCNS(=O)(=O)c1ccc(N)cc1Br. The van der Waals surface area contributed by atoms with Crippen molar-refractivity contribution in [2.24, 2.45) is 5.92 Å². The van der Waals surface area contributed by atoms with Crippen molar-refractivity contribution >= 4 is 31.6 Å². The molecule has 0 aliphatic rings. The highest BCUT2D eigenvalue weighted by atomic mass is 79.9. The molecule has 3 N–H and O–H groups in total. The third-order valence-electron chi connectivity index (χ3n) is 2.75. The molecule has 0 aliphatic carbocycles. The summed E-state index contributed by atoms with van der Waals surface area (Å²) in [5, 5.41) is 0. The summed E-state index contributed by atoms with van der Waals surface area (Å²) in [6.07, 6.45) is 3.00. The molecule has 0 radical (unpaired) electrons. The molecule has 1 rings (SSSR count). The van der Waals surface area contributed by atoms with E-state index < -0.39 is 10.0 Å². The van der Waals surface area contributed by atoms with Crippen molar-refractivity contribution in [3.63, 3.8) is 0 Å². The van der Waals surface area contributed by atoms with Crippen molar-refractivity contribution in [3.8, 4) is 0 Å². The van der Waals surface area contributed by atoms with Crippen LogP contribution in [-0.2, 0) is 10.0 Å². The molecule has 0 spiro atoms. The van der Waals surface area contributed by atoms with Crippen LogP contribution >= 0.6 is 15.9 Å². The lowest BCUT2D eigenvalue weighted by molar-refractivity contribution is 0.530. The van der Waals surface area contributed by atoms with E-state index in [1.807, 2.05) is 0 Å². The van der Waals surface area contributed by atoms with Gasteiger partial charge in [-0.25, -0.2) is 13.1 Å². The van der Waals surface area contributed by atoms with Crippen molar-refractivity contribution < 1.29 is 8.42 Å². The molecule has 1 aromatic carbocycles. The molecule has 0 heterocycles. The maximum absolute atomic E-state index is 12.1. The van der Waals surface area contributed by atoms with Crippen molar-refractivity contribution in [1.29, 1.82) is 0 Å². The molecule has 1 aromatic rings. The van der Waals surface area contributed by atoms with E-state index in [-0.39, 0.29) is 4.90 Å². The van der Waals surface area contributed by atoms with Crippen LogP contribution in [0.15, 0.2) is 27.6 Å². The fourth-order valence-corrected chi connectivity index (χ4v) is 3.86. The van der Waals surface area contributed by atoms with Gasteiger partial charge in [-0.1, -0.05) is 26.7 Å². The fraction of sp³-hybridized carbons (Fsp3) is 0.538. The highest BCUT2D eigenvalue weighted by Crippen LogP contribution is 2.24. The molecule has 0 aliphatic heterocycles. The van der Waals surface area contributed by atoms with Gasteiger partial charge in [-0.2, -0.15) is 0 Å². The maximum atomic E-state index is 12.1. The van der Waals surface area contributed by atoms with E-state index in [9.17, 15) is 8.42 Å². The predicted octanol–water partition coefficient (Wildman–Crippen LogP) is 3.14. The molecule has 0 amide bonds. The number of nitrogen functional groups attached to an aromatic ring is 1. The Morgan fingerprint density at radius 2 is 2.00 bits per heavy atom. The van der Waals surface area contributed by atoms with Gasteiger partial charge in [0.1, 0.15) is 0 Å². The zero-order chi connectivity index (χ0) is 14.5. The second-order valence-corrected chi connectivity index (χ2v) is 7.57. The average molecular weight is 349 g/mol. The van der Waals surface area contributed by atoms with Crippen molar-refractivity contribution in [2.45, 2.75) is 38.0 Å². The summed E-state index contributed by atoms with van der Waals surface area (Å²) in [6, 6.07) is 4.68. The summed E-state index contributed by atoms with van der Waals surface area (Å²) in [4.78, 5) is 0.227. The van der Waals surface area contributed by atoms with E-state index >= 15 is 0 Å². The summed E-state index contributed by atoms with van der Waals surface area (Å²) < 4.78 is 27.3. The monoisotopic (exact) mass is 348 g/mol. The Hall–Kier alpha value is -0.590. The maximum Gasteiger partial charge on any atom is 0.241 e. The number of hydrogen-bond donors (Lipinski definition) is 2. The summed E-state index contributed by atoms with van der Waals surface area (Å²) in [5.74, 6) is 0.655. The first kappa shape index (κ1) is 16.5. The predicted molar refractivity (Wildman–Crippen MR) is 82.4 cm³/mol. The molecule has 0 aromatic heterocycles. The minimum Gasteiger partial charge on any atom is -0.399 e. The van der Waals surface area contributed by atoms with Crippen LogP contribution in [0, 0.1) is 5.92 Å². The first-order valence-electron chi connectivity index (χ1n) is 6.37. The quantitative estimate of drug-likeness (QED) is 0.587. The third-order valence-corrected chi connectivity index (χ3v) is 5.18. The van der Waals surface area contributed by atoms with Gasteiger partial charge in [0.05, 0.1) is 4.90 Å². The van der Waals surface area contributed by atoms with E-state index in [0.29, 0.717) is 22.6 Å². The van der Waals surface area contributed by atoms with Crippen molar-refractivity contribution in [2.75, 3.05) is 12.3 Å². The highest BCUT2D eigenvalue weighted by Gasteiger charge is 2.16. The number of rotatable bonds is 7. The molecule has 4 nitrogen and oxygen atoms in total. The minimum atomic E-state index is -3.46. The van der Waals surface area contributed by atoms with E-state index in [1.165, 1.54) is 6.07 Å². The molecule has 19 heavy (non-hydrogen) atoms. The third kappa shape index (κ3) is 5.50. The Morgan fingerprint density at radius 3 is 2.58 bits per heavy atom. The summed E-state index contributed by atoms with van der Waals surface area (Å²) in [6.45, 7) is 4.79. The van der Waals surface area contributed by atoms with Gasteiger partial charge in [-0.05, 0) is 46.5 Å². The Kier molecular flexibility index (Phi) is 6.29. The number of benzene rings is 1. The molecular formula is C13H21BrN2O2S. The van der Waals surface area contributed by atoms with Crippen LogP contribution in [0.5, 0.6) is 0 Å². The molecule has 108 valence electrons. The molecule has 0 bridgehead atoms. The molecule has 0 fully saturated rings. The number of nitrogens with two attached hydrogens (primary N) is 1. The normalized spacial score (nSPS) is 12.0. The number of anilines is 1. The zero-order valence-electron chi connectivity index (χ0n) is 11.3. The first-order chi connectivity index (χ1) is 8.83. The standard InChI is InChI=1S/C13H21BrN2O2S/c1-10(2)5-3-4-8-16-19(17,18)13-7-6-11(15)9-12(13)14/h6-7,9-10,16H,3-5,8,15H2,1-2H3. The van der Waals surface area contributed by atoms with E-state index in [4.69, 9.17) is 5.73 Å². The topological polar surface area (TPSA) is 72.2 Å². The van der Waals surface area contributed by atoms with E-state index in [0.717, 1.165) is 19.3 Å². The lowest BCUT2D eigenvalue weighted by atomic mass is 10.1. The van der Waals surface area contributed by atoms with Crippen LogP contribution in [0.4, 0.5) is 5.69 Å². The van der Waals surface area contributed by atoms with Gasteiger partial charge < -0.3 is 5.73 Å². The second-order valence-electron chi connectivity index (χ2n) is 4.98. The van der Waals surface area contributed by atoms with Gasteiger partial charge >= 0.3 is 0 Å². The molecule has 0 unspecified atom stereocenters. The van der Waals surface area contributed by atoms with Gasteiger partial charge in [-0.3, -0.25) is 0 Å². The van der Waals surface area contributed by atoms with Crippen LogP contribution in [0.1, 0.15) is 33.1 Å². The zero-order valence-corrected chi connectivity index (χ0v) is 13.7. The average Bonchev–Trinajstić information content (AvgIpc) is 2.27. The molecule has 0 atom stereocenters. The summed E-state index contributed by atoms with van der Waals surface area (Å²) >= 11 is 3.23. The fourth-order valence-electron chi connectivity index (χ4n) is 1.70. The van der Waals surface area contributed by atoms with Crippen LogP contribution in [0.25, 0.3) is 0 Å². The number of halogens is 1. The van der Waals surface area contributed by atoms with Gasteiger partial charge in [0.15, 0.2) is 0 Å².